The highest BCUT2D eigenvalue weighted by molar-refractivity contribution is 5.20. The molecule has 4 heteroatoms. The van der Waals surface area contributed by atoms with Gasteiger partial charge in [-0.05, 0) is 19.3 Å². The van der Waals surface area contributed by atoms with Crippen molar-refractivity contribution in [2.45, 2.75) is 31.8 Å². The fraction of sp³-hybridized carbons (Fsp3) is 0.667. The number of hydrogen-bond donors (Lipinski definition) is 2. The average Bonchev–Trinajstić information content (AvgIpc) is 2.93. The van der Waals surface area contributed by atoms with E-state index in [1.54, 1.807) is 0 Å². The molecular formula is C9H13N3O. The van der Waals surface area contributed by atoms with Gasteiger partial charge in [-0.2, -0.15) is 0 Å². The van der Waals surface area contributed by atoms with Gasteiger partial charge in [0.05, 0.1) is 5.69 Å². The zero-order valence-electron chi connectivity index (χ0n) is 7.47. The van der Waals surface area contributed by atoms with E-state index in [4.69, 9.17) is 0 Å². The zero-order chi connectivity index (χ0) is 8.84. The maximum atomic E-state index is 11.3. The van der Waals surface area contributed by atoms with E-state index in [0.29, 0.717) is 0 Å². The van der Waals surface area contributed by atoms with Gasteiger partial charge in [0.2, 0.25) is 0 Å². The predicted octanol–water partition coefficient (Wildman–Crippen LogP) is 0.223. The van der Waals surface area contributed by atoms with Gasteiger partial charge in [-0.1, -0.05) is 0 Å². The van der Waals surface area contributed by atoms with Gasteiger partial charge in [-0.25, -0.2) is 0 Å². The van der Waals surface area contributed by atoms with Gasteiger partial charge in [0.1, 0.15) is 0 Å². The molecule has 0 saturated heterocycles. The monoisotopic (exact) mass is 179 g/mol. The molecule has 0 unspecified atom stereocenters. The first-order valence-corrected chi connectivity index (χ1v) is 4.87. The van der Waals surface area contributed by atoms with Crippen molar-refractivity contribution in [3.8, 4) is 0 Å². The van der Waals surface area contributed by atoms with Gasteiger partial charge in [-0.3, -0.25) is 14.8 Å². The lowest BCUT2D eigenvalue weighted by molar-refractivity contribution is 0.240. The molecule has 1 aliphatic heterocycles. The Kier molecular flexibility index (Phi) is 1.41. The van der Waals surface area contributed by atoms with E-state index in [0.717, 1.165) is 36.8 Å². The van der Waals surface area contributed by atoms with Gasteiger partial charge in [0, 0.05) is 24.7 Å². The molecule has 0 bridgehead atoms. The van der Waals surface area contributed by atoms with E-state index in [2.05, 4.69) is 15.1 Å². The molecule has 2 N–H and O–H groups in total. The van der Waals surface area contributed by atoms with E-state index >= 15 is 0 Å². The summed E-state index contributed by atoms with van der Waals surface area (Å²) in [5.41, 5.74) is 2.14. The zero-order valence-corrected chi connectivity index (χ0v) is 7.47. The summed E-state index contributed by atoms with van der Waals surface area (Å²) >= 11 is 0. The molecule has 4 nitrogen and oxygen atoms in total. The van der Waals surface area contributed by atoms with Crippen molar-refractivity contribution in [1.82, 2.24) is 15.1 Å². The van der Waals surface area contributed by atoms with Crippen LogP contribution in [0.15, 0.2) is 4.79 Å². The summed E-state index contributed by atoms with van der Waals surface area (Å²) in [6.07, 6.45) is 3.58. The Labute approximate surface area is 75.9 Å². The minimum absolute atomic E-state index is 0.0745. The standard InChI is InChI=1S/C9H13N3O/c13-9-7-3-4-12(6-1-2-6)5-8(7)10-11-9/h6H,1-5H2,(H2,10,11,13). The topological polar surface area (TPSA) is 51.9 Å². The summed E-state index contributed by atoms with van der Waals surface area (Å²) in [6, 6.07) is 0.798. The highest BCUT2D eigenvalue weighted by Crippen LogP contribution is 2.30. The lowest BCUT2D eigenvalue weighted by Gasteiger charge is -2.25. The smallest absolute Gasteiger partial charge is 0.267 e. The number of nitrogens with zero attached hydrogens (tertiary/aromatic N) is 1. The van der Waals surface area contributed by atoms with Crippen molar-refractivity contribution in [3.05, 3.63) is 21.6 Å². The third kappa shape index (κ3) is 1.13. The number of rotatable bonds is 1. The first kappa shape index (κ1) is 7.38. The van der Waals surface area contributed by atoms with Gasteiger partial charge in [0.15, 0.2) is 0 Å². The quantitative estimate of drug-likeness (QED) is 0.648. The fourth-order valence-corrected chi connectivity index (χ4v) is 2.11. The van der Waals surface area contributed by atoms with Crippen molar-refractivity contribution in [1.29, 1.82) is 0 Å². The molecule has 0 radical (unpaired) electrons. The maximum Gasteiger partial charge on any atom is 0.267 e. The summed E-state index contributed by atoms with van der Waals surface area (Å²) < 4.78 is 0. The molecule has 0 amide bonds. The third-order valence-corrected chi connectivity index (χ3v) is 3.04. The van der Waals surface area contributed by atoms with Crippen LogP contribution < -0.4 is 5.56 Å². The molecule has 0 atom stereocenters. The van der Waals surface area contributed by atoms with E-state index in [9.17, 15) is 4.79 Å². The summed E-state index contributed by atoms with van der Waals surface area (Å²) in [5, 5.41) is 5.61. The van der Waals surface area contributed by atoms with Crippen molar-refractivity contribution in [2.75, 3.05) is 6.54 Å². The number of fused-ring (bicyclic) bond motifs is 1. The molecule has 1 fully saturated rings. The van der Waals surface area contributed by atoms with Gasteiger partial charge in [-0.15, -0.1) is 0 Å². The Morgan fingerprint density at radius 1 is 1.31 bits per heavy atom. The summed E-state index contributed by atoms with van der Waals surface area (Å²) in [7, 11) is 0. The van der Waals surface area contributed by atoms with Crippen LogP contribution in [0.1, 0.15) is 24.1 Å². The Hall–Kier alpha value is -1.03. The number of hydrogen-bond acceptors (Lipinski definition) is 2. The van der Waals surface area contributed by atoms with Gasteiger partial charge >= 0.3 is 0 Å². The molecule has 1 aromatic heterocycles. The second-order valence-corrected chi connectivity index (χ2v) is 3.99. The van der Waals surface area contributed by atoms with Crippen molar-refractivity contribution in [3.63, 3.8) is 0 Å². The molecule has 3 rings (SSSR count). The molecule has 2 aliphatic rings. The Bertz CT molecular complexity index is 374. The van der Waals surface area contributed by atoms with Crippen molar-refractivity contribution in [2.24, 2.45) is 0 Å². The Balaban J connectivity index is 1.90. The highest BCUT2D eigenvalue weighted by Gasteiger charge is 2.32. The van der Waals surface area contributed by atoms with Crippen molar-refractivity contribution < 1.29 is 0 Å². The van der Waals surface area contributed by atoms with Crippen molar-refractivity contribution >= 4 is 0 Å². The second-order valence-electron chi connectivity index (χ2n) is 3.99. The molecule has 1 aromatic rings. The van der Waals surface area contributed by atoms with Crippen LogP contribution in [-0.4, -0.2) is 27.7 Å². The normalized spacial score (nSPS) is 23.1. The maximum absolute atomic E-state index is 11.3. The number of nitrogens with one attached hydrogen (secondary N) is 2. The molecule has 0 spiro atoms. The number of aromatic nitrogens is 2. The van der Waals surface area contributed by atoms with Crippen LogP contribution in [0.3, 0.4) is 0 Å². The average molecular weight is 179 g/mol. The Morgan fingerprint density at radius 2 is 2.15 bits per heavy atom. The van der Waals surface area contributed by atoms with Crippen LogP contribution in [0.2, 0.25) is 0 Å². The van der Waals surface area contributed by atoms with E-state index in [1.165, 1.54) is 12.8 Å². The molecule has 0 aromatic carbocycles. The van der Waals surface area contributed by atoms with Crippen LogP contribution >= 0.6 is 0 Å². The summed E-state index contributed by atoms with van der Waals surface area (Å²) in [5.74, 6) is 0. The predicted molar refractivity (Wildman–Crippen MR) is 48.5 cm³/mol. The minimum atomic E-state index is 0.0745. The van der Waals surface area contributed by atoms with E-state index in [-0.39, 0.29) is 5.56 Å². The SMILES string of the molecule is O=c1[nH][nH]c2c1CCN(C1CC1)C2. The van der Waals surface area contributed by atoms with E-state index < -0.39 is 0 Å². The van der Waals surface area contributed by atoms with E-state index in [1.807, 2.05) is 0 Å². The highest BCUT2D eigenvalue weighted by atomic mass is 16.1. The van der Waals surface area contributed by atoms with Crippen LogP contribution in [0.4, 0.5) is 0 Å². The molecule has 2 heterocycles. The molecule has 13 heavy (non-hydrogen) atoms. The second kappa shape index (κ2) is 2.48. The largest absolute Gasteiger partial charge is 0.301 e. The minimum Gasteiger partial charge on any atom is -0.301 e. The van der Waals surface area contributed by atoms with Gasteiger partial charge < -0.3 is 5.10 Å². The van der Waals surface area contributed by atoms with Crippen LogP contribution in [0.5, 0.6) is 0 Å². The van der Waals surface area contributed by atoms with Crippen LogP contribution in [0, 0.1) is 0 Å². The first-order chi connectivity index (χ1) is 6.34. The lowest BCUT2D eigenvalue weighted by atomic mass is 10.1. The molecular weight excluding hydrogens is 166 g/mol. The number of aromatic amines is 2. The Morgan fingerprint density at radius 3 is 2.92 bits per heavy atom. The van der Waals surface area contributed by atoms with Crippen LogP contribution in [-0.2, 0) is 13.0 Å². The molecule has 1 aliphatic carbocycles. The summed E-state index contributed by atoms with van der Waals surface area (Å²) in [6.45, 7) is 1.98. The third-order valence-electron chi connectivity index (χ3n) is 3.04. The first-order valence-electron chi connectivity index (χ1n) is 4.87. The lowest BCUT2D eigenvalue weighted by Crippen LogP contribution is -2.33. The summed E-state index contributed by atoms with van der Waals surface area (Å²) in [4.78, 5) is 13.7. The van der Waals surface area contributed by atoms with Crippen LogP contribution in [0.25, 0.3) is 0 Å². The molecule has 70 valence electrons. The van der Waals surface area contributed by atoms with Gasteiger partial charge in [0.25, 0.3) is 5.56 Å². The molecule has 1 saturated carbocycles. The fourth-order valence-electron chi connectivity index (χ4n) is 2.11. The number of H-pyrrole nitrogens is 2.